The van der Waals surface area contributed by atoms with Crippen LogP contribution in [0.15, 0.2) is 42.0 Å². The van der Waals surface area contributed by atoms with E-state index in [0.29, 0.717) is 5.92 Å². The Morgan fingerprint density at radius 3 is 2.89 bits per heavy atom. The first-order valence-electron chi connectivity index (χ1n) is 9.71. The highest BCUT2D eigenvalue weighted by Crippen LogP contribution is 2.25. The lowest BCUT2D eigenvalue weighted by Crippen LogP contribution is -2.38. The third kappa shape index (κ3) is 4.22. The molecule has 1 fully saturated rings. The van der Waals surface area contributed by atoms with E-state index in [1.807, 2.05) is 34.5 Å². The molecule has 6 heteroatoms. The number of hydrogen-bond acceptors (Lipinski definition) is 4. The number of likely N-dealkylation sites (tertiary alicyclic amines) is 1. The molecule has 0 radical (unpaired) electrons. The summed E-state index contributed by atoms with van der Waals surface area (Å²) in [6.07, 6.45) is 6.37. The minimum absolute atomic E-state index is 0.0573. The van der Waals surface area contributed by atoms with E-state index in [9.17, 15) is 4.79 Å². The van der Waals surface area contributed by atoms with Gasteiger partial charge in [-0.3, -0.25) is 14.4 Å². The number of thiophene rings is 1. The number of hydrogen-bond donors (Lipinski definition) is 1. The van der Waals surface area contributed by atoms with Crippen LogP contribution in [0.25, 0.3) is 10.1 Å². The van der Waals surface area contributed by atoms with Gasteiger partial charge in [0.05, 0.1) is 11.8 Å². The van der Waals surface area contributed by atoms with Gasteiger partial charge in [-0.15, -0.1) is 11.3 Å². The van der Waals surface area contributed by atoms with Crippen LogP contribution in [0.4, 0.5) is 0 Å². The monoisotopic (exact) mass is 382 g/mol. The molecule has 5 nitrogen and oxygen atoms in total. The second kappa shape index (κ2) is 8.23. The Morgan fingerprint density at radius 2 is 2.11 bits per heavy atom. The molecule has 0 spiro atoms. The molecular weight excluding hydrogens is 356 g/mol. The van der Waals surface area contributed by atoms with Gasteiger partial charge < -0.3 is 5.32 Å². The van der Waals surface area contributed by atoms with Crippen molar-refractivity contribution in [2.75, 3.05) is 19.6 Å². The molecule has 142 valence electrons. The maximum atomic E-state index is 12.6. The van der Waals surface area contributed by atoms with Crippen molar-refractivity contribution in [1.82, 2.24) is 20.0 Å². The molecule has 1 N–H and O–H groups in total. The predicted molar refractivity (Wildman–Crippen MR) is 110 cm³/mol. The Kier molecular flexibility index (Phi) is 5.55. The van der Waals surface area contributed by atoms with Crippen LogP contribution in [0.1, 0.15) is 35.7 Å². The molecule has 27 heavy (non-hydrogen) atoms. The van der Waals surface area contributed by atoms with Gasteiger partial charge in [0.25, 0.3) is 5.91 Å². The molecule has 1 aliphatic rings. The molecule has 3 aromatic rings. The standard InChI is InChI=1S/C21H26N4OS/c1-2-25-14-17(12-23-25)13-24-9-7-16(8-10-24)11-22-21(26)19-15-27-20-6-4-3-5-18(19)20/h3-6,12,14-16H,2,7-11,13H2,1H3,(H,22,26). The molecule has 3 heterocycles. The summed E-state index contributed by atoms with van der Waals surface area (Å²) in [5, 5.41) is 10.5. The van der Waals surface area contributed by atoms with Crippen molar-refractivity contribution in [3.63, 3.8) is 0 Å². The lowest BCUT2D eigenvalue weighted by Gasteiger charge is -2.31. The van der Waals surface area contributed by atoms with Crippen LogP contribution >= 0.6 is 11.3 Å². The predicted octanol–water partition coefficient (Wildman–Crippen LogP) is 3.76. The summed E-state index contributed by atoms with van der Waals surface area (Å²) in [6.45, 7) is 6.93. The van der Waals surface area contributed by atoms with Gasteiger partial charge >= 0.3 is 0 Å². The van der Waals surface area contributed by atoms with E-state index in [2.05, 4.69) is 34.5 Å². The van der Waals surface area contributed by atoms with Crippen molar-refractivity contribution in [2.24, 2.45) is 5.92 Å². The molecule has 1 amide bonds. The zero-order valence-corrected chi connectivity index (χ0v) is 16.5. The summed E-state index contributed by atoms with van der Waals surface area (Å²) < 4.78 is 3.15. The van der Waals surface area contributed by atoms with Gasteiger partial charge in [-0.1, -0.05) is 18.2 Å². The number of aryl methyl sites for hydroxylation is 1. The molecule has 1 saturated heterocycles. The maximum absolute atomic E-state index is 12.6. The first-order chi connectivity index (χ1) is 13.2. The molecular formula is C21H26N4OS. The molecule has 0 bridgehead atoms. The van der Waals surface area contributed by atoms with Gasteiger partial charge in [-0.25, -0.2) is 0 Å². The number of amides is 1. The van der Waals surface area contributed by atoms with E-state index in [0.717, 1.165) is 56.5 Å². The van der Waals surface area contributed by atoms with Crippen LogP contribution in [-0.4, -0.2) is 40.2 Å². The number of benzene rings is 1. The third-order valence-corrected chi connectivity index (χ3v) is 6.36. The second-order valence-electron chi connectivity index (χ2n) is 7.28. The highest BCUT2D eigenvalue weighted by molar-refractivity contribution is 7.17. The highest BCUT2D eigenvalue weighted by Gasteiger charge is 2.21. The minimum Gasteiger partial charge on any atom is -0.352 e. The van der Waals surface area contributed by atoms with Crippen molar-refractivity contribution in [3.05, 3.63) is 53.2 Å². The number of nitrogens with one attached hydrogen (secondary N) is 1. The first kappa shape index (κ1) is 18.2. The van der Waals surface area contributed by atoms with Crippen LogP contribution in [-0.2, 0) is 13.1 Å². The zero-order valence-electron chi connectivity index (χ0n) is 15.7. The van der Waals surface area contributed by atoms with Crippen LogP contribution < -0.4 is 5.32 Å². The van der Waals surface area contributed by atoms with E-state index in [-0.39, 0.29) is 5.91 Å². The first-order valence-corrected chi connectivity index (χ1v) is 10.6. The number of carbonyl (C=O) groups is 1. The smallest absolute Gasteiger partial charge is 0.252 e. The van der Waals surface area contributed by atoms with Gasteiger partial charge in [0.2, 0.25) is 0 Å². The van der Waals surface area contributed by atoms with Gasteiger partial charge in [-0.05, 0) is 44.8 Å². The van der Waals surface area contributed by atoms with Gasteiger partial charge in [0.1, 0.15) is 0 Å². The van der Waals surface area contributed by atoms with E-state index < -0.39 is 0 Å². The van der Waals surface area contributed by atoms with Crippen LogP contribution in [0.2, 0.25) is 0 Å². The Labute approximate surface area is 164 Å². The number of fused-ring (bicyclic) bond motifs is 1. The Balaban J connectivity index is 1.25. The fraction of sp³-hybridized carbons (Fsp3) is 0.429. The van der Waals surface area contributed by atoms with Crippen LogP contribution in [0, 0.1) is 5.92 Å². The largest absolute Gasteiger partial charge is 0.352 e. The lowest BCUT2D eigenvalue weighted by atomic mass is 9.96. The summed E-state index contributed by atoms with van der Waals surface area (Å²) in [6, 6.07) is 8.10. The molecule has 1 aromatic carbocycles. The molecule has 4 rings (SSSR count). The SMILES string of the molecule is CCn1cc(CN2CCC(CNC(=O)c3csc4ccccc34)CC2)cn1. The van der Waals surface area contributed by atoms with Crippen molar-refractivity contribution >= 4 is 27.3 Å². The van der Waals surface area contributed by atoms with E-state index in [1.165, 1.54) is 10.3 Å². The Morgan fingerprint density at radius 1 is 1.30 bits per heavy atom. The van der Waals surface area contributed by atoms with E-state index in [4.69, 9.17) is 0 Å². The maximum Gasteiger partial charge on any atom is 0.252 e. The number of aromatic nitrogens is 2. The fourth-order valence-corrected chi connectivity index (χ4v) is 4.69. The quantitative estimate of drug-likeness (QED) is 0.706. The normalized spacial score (nSPS) is 16.0. The summed E-state index contributed by atoms with van der Waals surface area (Å²) >= 11 is 1.63. The molecule has 0 saturated carbocycles. The van der Waals surface area contributed by atoms with Crippen LogP contribution in [0.3, 0.4) is 0 Å². The molecule has 1 aliphatic heterocycles. The summed E-state index contributed by atoms with van der Waals surface area (Å²) in [5.74, 6) is 0.621. The van der Waals surface area contributed by atoms with Gasteiger partial charge in [0.15, 0.2) is 0 Å². The average Bonchev–Trinajstić information content (AvgIpc) is 3.34. The summed E-state index contributed by atoms with van der Waals surface area (Å²) in [7, 11) is 0. The summed E-state index contributed by atoms with van der Waals surface area (Å²) in [4.78, 5) is 15.1. The van der Waals surface area contributed by atoms with Gasteiger partial charge in [-0.2, -0.15) is 5.10 Å². The average molecular weight is 383 g/mol. The third-order valence-electron chi connectivity index (χ3n) is 5.40. The van der Waals surface area contributed by atoms with Crippen molar-refractivity contribution in [1.29, 1.82) is 0 Å². The number of nitrogens with zero attached hydrogens (tertiary/aromatic N) is 3. The zero-order chi connectivity index (χ0) is 18.6. The van der Waals surface area contributed by atoms with Crippen molar-refractivity contribution in [3.8, 4) is 0 Å². The molecule has 0 atom stereocenters. The topological polar surface area (TPSA) is 50.2 Å². The fourth-order valence-electron chi connectivity index (χ4n) is 3.75. The lowest BCUT2D eigenvalue weighted by molar-refractivity contribution is 0.0937. The molecule has 0 aliphatic carbocycles. The second-order valence-corrected chi connectivity index (χ2v) is 8.19. The van der Waals surface area contributed by atoms with E-state index in [1.54, 1.807) is 11.3 Å². The van der Waals surface area contributed by atoms with E-state index >= 15 is 0 Å². The molecule has 0 unspecified atom stereocenters. The summed E-state index contributed by atoms with van der Waals surface area (Å²) in [5.41, 5.74) is 2.09. The Bertz CT molecular complexity index is 908. The molecule has 2 aromatic heterocycles. The number of carbonyl (C=O) groups excluding carboxylic acids is 1. The minimum atomic E-state index is 0.0573. The Hall–Kier alpha value is -2.18. The van der Waals surface area contributed by atoms with Crippen molar-refractivity contribution < 1.29 is 4.79 Å². The van der Waals surface area contributed by atoms with Crippen molar-refractivity contribution in [2.45, 2.75) is 32.9 Å². The number of rotatable bonds is 6. The number of piperidine rings is 1. The highest BCUT2D eigenvalue weighted by atomic mass is 32.1. The van der Waals surface area contributed by atoms with Gasteiger partial charge in [0, 0.05) is 46.9 Å². The van der Waals surface area contributed by atoms with Crippen LogP contribution in [0.5, 0.6) is 0 Å².